The van der Waals surface area contributed by atoms with Crippen molar-refractivity contribution in [1.29, 1.82) is 0 Å². The summed E-state index contributed by atoms with van der Waals surface area (Å²) in [6, 6.07) is 9.82. The Morgan fingerprint density at radius 3 is 2.37 bits per heavy atom. The first-order valence-electron chi connectivity index (χ1n) is 5.58. The maximum absolute atomic E-state index is 12.8. The molecule has 0 saturated heterocycles. The summed E-state index contributed by atoms with van der Waals surface area (Å²) in [6.07, 6.45) is -4.44. The maximum atomic E-state index is 12.8. The number of anilines is 1. The molecule has 2 aromatic carbocycles. The van der Waals surface area contributed by atoms with Crippen LogP contribution in [-0.4, -0.2) is 0 Å². The van der Waals surface area contributed by atoms with E-state index in [0.717, 1.165) is 11.6 Å². The molecular weight excluding hydrogens is 255 g/mol. The lowest BCUT2D eigenvalue weighted by Gasteiger charge is -2.14. The van der Waals surface area contributed by atoms with E-state index in [1.165, 1.54) is 24.3 Å². The van der Waals surface area contributed by atoms with Gasteiger partial charge in [-0.25, -0.2) is 0 Å². The van der Waals surface area contributed by atoms with Crippen LogP contribution in [0.1, 0.15) is 11.1 Å². The van der Waals surface area contributed by atoms with Gasteiger partial charge in [-0.05, 0) is 42.8 Å². The van der Waals surface area contributed by atoms with E-state index in [1.54, 1.807) is 19.1 Å². The van der Waals surface area contributed by atoms with Crippen LogP contribution >= 0.6 is 0 Å². The molecule has 0 saturated carbocycles. The van der Waals surface area contributed by atoms with E-state index in [9.17, 15) is 13.2 Å². The van der Waals surface area contributed by atoms with E-state index in [-0.39, 0.29) is 5.75 Å². The van der Waals surface area contributed by atoms with Gasteiger partial charge in [-0.15, -0.1) is 0 Å². The van der Waals surface area contributed by atoms with Crippen molar-refractivity contribution in [2.75, 3.05) is 5.73 Å². The van der Waals surface area contributed by atoms with Gasteiger partial charge in [0, 0.05) is 5.69 Å². The lowest BCUT2D eigenvalue weighted by atomic mass is 10.2. The number of aryl methyl sites for hydroxylation is 1. The minimum Gasteiger partial charge on any atom is -0.457 e. The SMILES string of the molecule is Cc1cc(Oc2ccccc2C(F)(F)F)ccc1N. The quantitative estimate of drug-likeness (QED) is 0.819. The van der Waals surface area contributed by atoms with Crippen LogP contribution in [0.3, 0.4) is 0 Å². The molecule has 2 aromatic rings. The topological polar surface area (TPSA) is 35.2 Å². The van der Waals surface area contributed by atoms with Crippen LogP contribution < -0.4 is 10.5 Å². The molecule has 2 rings (SSSR count). The number of hydrogen-bond acceptors (Lipinski definition) is 2. The zero-order valence-corrected chi connectivity index (χ0v) is 10.2. The fourth-order valence-corrected chi connectivity index (χ4v) is 1.63. The van der Waals surface area contributed by atoms with Gasteiger partial charge in [0.05, 0.1) is 5.56 Å². The highest BCUT2D eigenvalue weighted by molar-refractivity contribution is 5.50. The monoisotopic (exact) mass is 267 g/mol. The van der Waals surface area contributed by atoms with Crippen molar-refractivity contribution in [2.45, 2.75) is 13.1 Å². The lowest BCUT2D eigenvalue weighted by Crippen LogP contribution is -2.06. The second-order valence-electron chi connectivity index (χ2n) is 4.11. The summed E-state index contributed by atoms with van der Waals surface area (Å²) in [6.45, 7) is 1.76. The number of nitrogens with two attached hydrogens (primary N) is 1. The summed E-state index contributed by atoms with van der Waals surface area (Å²) in [4.78, 5) is 0. The smallest absolute Gasteiger partial charge is 0.419 e. The summed E-state index contributed by atoms with van der Waals surface area (Å²) in [7, 11) is 0. The molecule has 0 atom stereocenters. The Kier molecular flexibility index (Phi) is 3.38. The Hall–Kier alpha value is -2.17. The lowest BCUT2D eigenvalue weighted by molar-refractivity contribution is -0.138. The number of nitrogen functional groups attached to an aromatic ring is 1. The highest BCUT2D eigenvalue weighted by Crippen LogP contribution is 2.38. The third kappa shape index (κ3) is 2.99. The Morgan fingerprint density at radius 2 is 1.74 bits per heavy atom. The molecule has 0 bridgehead atoms. The Labute approximate surface area is 108 Å². The van der Waals surface area contributed by atoms with Gasteiger partial charge >= 0.3 is 6.18 Å². The van der Waals surface area contributed by atoms with Crippen LogP contribution in [-0.2, 0) is 6.18 Å². The average Bonchev–Trinajstić information content (AvgIpc) is 2.33. The second-order valence-corrected chi connectivity index (χ2v) is 4.11. The van der Waals surface area contributed by atoms with E-state index >= 15 is 0 Å². The van der Waals surface area contributed by atoms with Crippen LogP contribution in [0, 0.1) is 6.92 Å². The molecule has 5 heteroatoms. The van der Waals surface area contributed by atoms with Gasteiger partial charge in [0.25, 0.3) is 0 Å². The zero-order valence-electron chi connectivity index (χ0n) is 10.2. The highest BCUT2D eigenvalue weighted by Gasteiger charge is 2.34. The van der Waals surface area contributed by atoms with Gasteiger partial charge in [-0.2, -0.15) is 13.2 Å². The molecule has 0 heterocycles. The first-order valence-corrected chi connectivity index (χ1v) is 5.58. The molecule has 2 N–H and O–H groups in total. The van der Waals surface area contributed by atoms with Crippen LogP contribution in [0.2, 0.25) is 0 Å². The largest absolute Gasteiger partial charge is 0.457 e. The molecular formula is C14H12F3NO. The maximum Gasteiger partial charge on any atom is 0.419 e. The first-order chi connectivity index (χ1) is 8.88. The Bertz CT molecular complexity index is 593. The van der Waals surface area contributed by atoms with Gasteiger partial charge in [0.15, 0.2) is 0 Å². The van der Waals surface area contributed by atoms with E-state index in [2.05, 4.69) is 0 Å². The van der Waals surface area contributed by atoms with Gasteiger partial charge in [-0.1, -0.05) is 12.1 Å². The molecule has 0 radical (unpaired) electrons. The van der Waals surface area contributed by atoms with Crippen molar-refractivity contribution in [3.05, 3.63) is 53.6 Å². The highest BCUT2D eigenvalue weighted by atomic mass is 19.4. The summed E-state index contributed by atoms with van der Waals surface area (Å²) in [5.41, 5.74) is 6.16. The van der Waals surface area contributed by atoms with Gasteiger partial charge in [-0.3, -0.25) is 0 Å². The van der Waals surface area contributed by atoms with E-state index < -0.39 is 11.7 Å². The molecule has 0 aliphatic heterocycles. The summed E-state index contributed by atoms with van der Waals surface area (Å²) in [5, 5.41) is 0. The molecule has 0 aliphatic carbocycles. The Balaban J connectivity index is 2.36. The Morgan fingerprint density at radius 1 is 1.05 bits per heavy atom. The summed E-state index contributed by atoms with van der Waals surface area (Å²) in [5.74, 6) is 0.0996. The third-order valence-electron chi connectivity index (χ3n) is 2.66. The minimum absolute atomic E-state index is 0.223. The molecule has 100 valence electrons. The normalized spacial score (nSPS) is 11.4. The standard InChI is InChI=1S/C14H12F3NO/c1-9-8-10(6-7-12(9)18)19-13-5-3-2-4-11(13)14(15,16)17/h2-8H,18H2,1H3. The molecule has 0 unspecified atom stereocenters. The summed E-state index contributed by atoms with van der Waals surface area (Å²) >= 11 is 0. The van der Waals surface area contributed by atoms with E-state index in [1.807, 2.05) is 0 Å². The fourth-order valence-electron chi connectivity index (χ4n) is 1.63. The average molecular weight is 267 g/mol. The third-order valence-corrected chi connectivity index (χ3v) is 2.66. The molecule has 19 heavy (non-hydrogen) atoms. The van der Waals surface area contributed by atoms with Crippen LogP contribution in [0.15, 0.2) is 42.5 Å². The van der Waals surface area contributed by atoms with Crippen molar-refractivity contribution >= 4 is 5.69 Å². The number of alkyl halides is 3. The number of hydrogen-bond donors (Lipinski definition) is 1. The molecule has 0 aromatic heterocycles. The van der Waals surface area contributed by atoms with E-state index in [4.69, 9.17) is 10.5 Å². The number of halogens is 3. The van der Waals surface area contributed by atoms with Crippen LogP contribution in [0.4, 0.5) is 18.9 Å². The van der Waals surface area contributed by atoms with Crippen LogP contribution in [0.5, 0.6) is 11.5 Å². The number of rotatable bonds is 2. The van der Waals surface area contributed by atoms with Gasteiger partial charge in [0.1, 0.15) is 11.5 Å². The fraction of sp³-hybridized carbons (Fsp3) is 0.143. The minimum atomic E-state index is -4.44. The van der Waals surface area contributed by atoms with Crippen molar-refractivity contribution < 1.29 is 17.9 Å². The van der Waals surface area contributed by atoms with Gasteiger partial charge < -0.3 is 10.5 Å². The van der Waals surface area contributed by atoms with Gasteiger partial charge in [0.2, 0.25) is 0 Å². The predicted octanol–water partition coefficient (Wildman–Crippen LogP) is 4.39. The van der Waals surface area contributed by atoms with Crippen molar-refractivity contribution in [3.8, 4) is 11.5 Å². The van der Waals surface area contributed by atoms with Crippen LogP contribution in [0.25, 0.3) is 0 Å². The first kappa shape index (κ1) is 13.3. The van der Waals surface area contributed by atoms with Crippen molar-refractivity contribution in [1.82, 2.24) is 0 Å². The van der Waals surface area contributed by atoms with Crippen molar-refractivity contribution in [3.63, 3.8) is 0 Å². The molecule has 0 fully saturated rings. The molecule has 0 spiro atoms. The molecule has 0 aliphatic rings. The predicted molar refractivity (Wildman–Crippen MR) is 67.1 cm³/mol. The molecule has 0 amide bonds. The zero-order chi connectivity index (χ0) is 14.0. The molecule has 2 nitrogen and oxygen atoms in total. The number of para-hydroxylation sites is 1. The second kappa shape index (κ2) is 4.84. The van der Waals surface area contributed by atoms with Crippen molar-refractivity contribution in [2.24, 2.45) is 0 Å². The van der Waals surface area contributed by atoms with E-state index in [0.29, 0.717) is 11.4 Å². The number of benzene rings is 2. The summed E-state index contributed by atoms with van der Waals surface area (Å²) < 4.78 is 43.7. The number of ether oxygens (including phenoxy) is 1.